The Bertz CT molecular complexity index is 894. The Morgan fingerprint density at radius 1 is 1.05 bits per heavy atom. The molecule has 2 aromatic heterocycles. The van der Waals surface area contributed by atoms with E-state index in [1.54, 1.807) is 0 Å². The van der Waals surface area contributed by atoms with Crippen LogP contribution in [0.1, 0.15) is 0 Å². The third-order valence-corrected chi connectivity index (χ3v) is 3.19. The fourth-order valence-corrected chi connectivity index (χ4v) is 2.11. The molecule has 0 saturated carbocycles. The van der Waals surface area contributed by atoms with Gasteiger partial charge in [-0.3, -0.25) is 9.36 Å². The van der Waals surface area contributed by atoms with Gasteiger partial charge >= 0.3 is 0 Å². The lowest BCUT2D eigenvalue weighted by molar-refractivity contribution is 0.618. The quantitative estimate of drug-likeness (QED) is 0.681. The molecule has 0 unspecified atom stereocenters. The monoisotopic (exact) mass is 319 g/mol. The van der Waals surface area contributed by atoms with Gasteiger partial charge in [-0.15, -0.1) is 0 Å². The van der Waals surface area contributed by atoms with E-state index in [0.29, 0.717) is 11.3 Å². The zero-order valence-corrected chi connectivity index (χ0v) is 11.8. The number of rotatable bonds is 2. The molecule has 110 valence electrons. The Morgan fingerprint density at radius 3 is 2.50 bits per heavy atom. The van der Waals surface area contributed by atoms with Crippen LogP contribution in [0.3, 0.4) is 0 Å². The smallest absolute Gasteiger partial charge is 0.255 e. The zero-order valence-electron chi connectivity index (χ0n) is 11.0. The van der Waals surface area contributed by atoms with Crippen molar-refractivity contribution < 1.29 is 8.78 Å². The van der Waals surface area contributed by atoms with Gasteiger partial charge in [0, 0.05) is 23.5 Å². The van der Waals surface area contributed by atoms with Gasteiger partial charge in [0.1, 0.15) is 11.5 Å². The summed E-state index contributed by atoms with van der Waals surface area (Å²) in [5.74, 6) is -1.07. The average Bonchev–Trinajstić information content (AvgIpc) is 2.51. The molecule has 1 aromatic carbocycles. The number of aromatic nitrogens is 3. The van der Waals surface area contributed by atoms with Crippen molar-refractivity contribution in [2.75, 3.05) is 0 Å². The van der Waals surface area contributed by atoms with Gasteiger partial charge in [0.2, 0.25) is 5.28 Å². The van der Waals surface area contributed by atoms with E-state index in [1.165, 1.54) is 47.2 Å². The Labute approximate surface area is 128 Å². The molecular formula is C15H8ClF2N3O. The first-order chi connectivity index (χ1) is 10.5. The fourth-order valence-electron chi connectivity index (χ4n) is 1.98. The number of pyridine rings is 1. The summed E-state index contributed by atoms with van der Waals surface area (Å²) in [4.78, 5) is 19.3. The summed E-state index contributed by atoms with van der Waals surface area (Å²) >= 11 is 5.67. The van der Waals surface area contributed by atoms with E-state index in [4.69, 9.17) is 11.6 Å². The summed E-state index contributed by atoms with van der Waals surface area (Å²) < 4.78 is 28.1. The second-order valence-corrected chi connectivity index (χ2v) is 4.78. The summed E-state index contributed by atoms with van der Waals surface area (Å²) in [6.45, 7) is 0. The average molecular weight is 320 g/mol. The maximum Gasteiger partial charge on any atom is 0.255 e. The molecule has 3 rings (SSSR count). The van der Waals surface area contributed by atoms with Crippen molar-refractivity contribution in [1.29, 1.82) is 0 Å². The van der Waals surface area contributed by atoms with Crippen molar-refractivity contribution in [3.63, 3.8) is 0 Å². The van der Waals surface area contributed by atoms with Crippen molar-refractivity contribution >= 4 is 11.6 Å². The van der Waals surface area contributed by atoms with Gasteiger partial charge in [-0.2, -0.15) is 0 Å². The van der Waals surface area contributed by atoms with Gasteiger partial charge in [-0.1, -0.05) is 0 Å². The van der Waals surface area contributed by atoms with Crippen molar-refractivity contribution in [3.05, 3.63) is 76.1 Å². The van der Waals surface area contributed by atoms with Crippen LogP contribution in [-0.4, -0.2) is 14.5 Å². The van der Waals surface area contributed by atoms with Crippen LogP contribution < -0.4 is 5.56 Å². The molecule has 0 fully saturated rings. The van der Waals surface area contributed by atoms with Crippen molar-refractivity contribution in [3.8, 4) is 16.9 Å². The predicted octanol–water partition coefficient (Wildman–Crippen LogP) is 3.23. The molecule has 0 N–H and O–H groups in total. The van der Waals surface area contributed by atoms with E-state index >= 15 is 0 Å². The largest absolute Gasteiger partial charge is 0.284 e. The van der Waals surface area contributed by atoms with Crippen LogP contribution in [0.5, 0.6) is 0 Å². The molecule has 0 atom stereocenters. The SMILES string of the molecule is O=c1ccc(-c2nc(Cl)ncc2F)cn1-c1ccc(F)cc1. The Kier molecular flexibility index (Phi) is 3.68. The lowest BCUT2D eigenvalue weighted by atomic mass is 10.2. The van der Waals surface area contributed by atoms with Gasteiger partial charge in [-0.25, -0.2) is 18.7 Å². The molecule has 0 amide bonds. The lowest BCUT2D eigenvalue weighted by Gasteiger charge is -2.08. The van der Waals surface area contributed by atoms with Crippen LogP contribution in [0.4, 0.5) is 8.78 Å². The molecule has 3 aromatic rings. The molecule has 0 radical (unpaired) electrons. The molecule has 0 aliphatic heterocycles. The van der Waals surface area contributed by atoms with E-state index in [2.05, 4.69) is 9.97 Å². The second kappa shape index (κ2) is 5.65. The zero-order chi connectivity index (χ0) is 15.7. The van der Waals surface area contributed by atoms with Crippen LogP contribution in [0.25, 0.3) is 16.9 Å². The van der Waals surface area contributed by atoms with Crippen molar-refractivity contribution in [2.45, 2.75) is 0 Å². The summed E-state index contributed by atoms with van der Waals surface area (Å²) in [5.41, 5.74) is 0.450. The second-order valence-electron chi connectivity index (χ2n) is 4.44. The highest BCUT2D eigenvalue weighted by atomic mass is 35.5. The van der Waals surface area contributed by atoms with E-state index in [-0.39, 0.29) is 16.5 Å². The molecule has 7 heteroatoms. The Hall–Kier alpha value is -2.60. The number of hydrogen-bond acceptors (Lipinski definition) is 3. The van der Waals surface area contributed by atoms with E-state index < -0.39 is 11.6 Å². The molecule has 22 heavy (non-hydrogen) atoms. The first-order valence-electron chi connectivity index (χ1n) is 6.21. The van der Waals surface area contributed by atoms with Gasteiger partial charge in [0.25, 0.3) is 5.56 Å². The first-order valence-corrected chi connectivity index (χ1v) is 6.59. The predicted molar refractivity (Wildman–Crippen MR) is 78.0 cm³/mol. The lowest BCUT2D eigenvalue weighted by Crippen LogP contribution is -2.16. The normalized spacial score (nSPS) is 10.7. The van der Waals surface area contributed by atoms with Crippen LogP contribution in [0.15, 0.2) is 53.6 Å². The molecule has 0 saturated heterocycles. The van der Waals surface area contributed by atoms with E-state index in [9.17, 15) is 13.6 Å². The minimum Gasteiger partial charge on any atom is -0.284 e. The van der Waals surface area contributed by atoms with Crippen molar-refractivity contribution in [2.24, 2.45) is 0 Å². The van der Waals surface area contributed by atoms with Crippen LogP contribution in [0.2, 0.25) is 5.28 Å². The summed E-state index contributed by atoms with van der Waals surface area (Å²) in [7, 11) is 0. The van der Waals surface area contributed by atoms with E-state index in [0.717, 1.165) is 6.20 Å². The molecule has 0 aliphatic rings. The fraction of sp³-hybridized carbons (Fsp3) is 0. The standard InChI is InChI=1S/C15H8ClF2N3O/c16-15-19-7-12(18)14(20-15)9-1-6-13(22)21(8-9)11-4-2-10(17)3-5-11/h1-8H. The number of hydrogen-bond donors (Lipinski definition) is 0. The third kappa shape index (κ3) is 2.73. The summed E-state index contributed by atoms with van der Waals surface area (Å²) in [6.07, 6.45) is 2.37. The summed E-state index contributed by atoms with van der Waals surface area (Å²) in [6, 6.07) is 8.07. The highest BCUT2D eigenvalue weighted by Gasteiger charge is 2.11. The van der Waals surface area contributed by atoms with Crippen LogP contribution in [-0.2, 0) is 0 Å². The topological polar surface area (TPSA) is 47.8 Å². The summed E-state index contributed by atoms with van der Waals surface area (Å²) in [5, 5.41) is -0.101. The van der Waals surface area contributed by atoms with Gasteiger partial charge in [-0.05, 0) is 41.9 Å². The molecule has 0 aliphatic carbocycles. The van der Waals surface area contributed by atoms with E-state index in [1.807, 2.05) is 0 Å². The minimum atomic E-state index is -0.659. The first kappa shape index (κ1) is 14.3. The van der Waals surface area contributed by atoms with Crippen LogP contribution >= 0.6 is 11.6 Å². The molecule has 0 spiro atoms. The molecule has 4 nitrogen and oxygen atoms in total. The Balaban J connectivity index is 2.16. The van der Waals surface area contributed by atoms with Gasteiger partial charge in [0.05, 0.1) is 6.20 Å². The number of benzene rings is 1. The third-order valence-electron chi connectivity index (χ3n) is 3.00. The molecular weight excluding hydrogens is 312 g/mol. The van der Waals surface area contributed by atoms with Crippen molar-refractivity contribution in [1.82, 2.24) is 14.5 Å². The van der Waals surface area contributed by atoms with Gasteiger partial charge in [0.15, 0.2) is 5.82 Å². The Morgan fingerprint density at radius 2 is 1.77 bits per heavy atom. The minimum absolute atomic E-state index is 0.0177. The number of nitrogens with zero attached hydrogens (tertiary/aromatic N) is 3. The van der Waals surface area contributed by atoms with Gasteiger partial charge < -0.3 is 0 Å². The molecule has 2 heterocycles. The maximum atomic E-state index is 13.8. The molecule has 0 bridgehead atoms. The highest BCUT2D eigenvalue weighted by molar-refractivity contribution is 6.28. The highest BCUT2D eigenvalue weighted by Crippen LogP contribution is 2.21. The maximum absolute atomic E-state index is 13.8. The number of halogens is 3. The van der Waals surface area contributed by atoms with Crippen LogP contribution in [0, 0.1) is 11.6 Å².